The quantitative estimate of drug-likeness (QED) is 0.152. The number of nitrogens with one attached hydrogen (secondary N) is 2. The molecule has 3 aromatic carbocycles. The summed E-state index contributed by atoms with van der Waals surface area (Å²) >= 11 is 0. The molecule has 3 N–H and O–H groups in total. The number of hydrogen-bond donors (Lipinski definition) is 3. The van der Waals surface area contributed by atoms with Gasteiger partial charge in [0, 0.05) is 104 Å². The van der Waals surface area contributed by atoms with Crippen LogP contribution in [-0.4, -0.2) is 149 Å². The molecule has 17 nitrogen and oxygen atoms in total. The number of benzene rings is 3. The van der Waals surface area contributed by atoms with Gasteiger partial charge in [0.2, 0.25) is 11.8 Å². The molecule has 11 rings (SSSR count). The van der Waals surface area contributed by atoms with Gasteiger partial charge in [-0.15, -0.1) is 6.42 Å². The molecule has 0 saturated carbocycles. The van der Waals surface area contributed by atoms with Crippen molar-refractivity contribution in [2.45, 2.75) is 69.2 Å². The molecule has 5 saturated heterocycles. The van der Waals surface area contributed by atoms with Gasteiger partial charge >= 0.3 is 12.1 Å². The van der Waals surface area contributed by atoms with Crippen molar-refractivity contribution in [3.8, 4) is 35.4 Å². The van der Waals surface area contributed by atoms with Crippen LogP contribution in [0.1, 0.15) is 60.0 Å². The van der Waals surface area contributed by atoms with Gasteiger partial charge < -0.3 is 44.4 Å². The van der Waals surface area contributed by atoms with Gasteiger partial charge in [0.15, 0.2) is 5.82 Å². The summed E-state index contributed by atoms with van der Waals surface area (Å²) in [6.45, 7) is 5.57. The number of likely N-dealkylation sites (tertiary alicyclic amines) is 1. The fourth-order valence-electron chi connectivity index (χ4n) is 10.7. The first-order valence-electron chi connectivity index (χ1n) is 23.4. The predicted molar refractivity (Wildman–Crippen MR) is 252 cm³/mol. The third kappa shape index (κ3) is 8.67. The SMILES string of the molecule is C#Cc1c(F)ccc2cc(O)cc(-c3ncc4c(N5CC6CCC(C5)N6)nc(OCC5CCCN5C)nc4c3F)c12.COC(=O)N1CCN(c2cccc3c2CN(C2CCC(=O)NC2=O)C3=O)CC1. The summed E-state index contributed by atoms with van der Waals surface area (Å²) in [5, 5.41) is 17.6. The number of piperazine rings is 2. The molecule has 4 unspecified atom stereocenters. The number of pyridine rings is 1. The average Bonchev–Trinajstić information content (AvgIpc) is 4.04. The van der Waals surface area contributed by atoms with Crippen LogP contribution in [0.3, 0.4) is 0 Å². The lowest BCUT2D eigenvalue weighted by molar-refractivity contribution is -0.136. The van der Waals surface area contributed by atoms with Crippen LogP contribution >= 0.6 is 0 Å². The summed E-state index contributed by atoms with van der Waals surface area (Å²) in [5.41, 5.74) is 2.56. The highest BCUT2D eigenvalue weighted by atomic mass is 19.1. The summed E-state index contributed by atoms with van der Waals surface area (Å²) in [5.74, 6) is 0.623. The number of aromatic nitrogens is 3. The van der Waals surface area contributed by atoms with Gasteiger partial charge in [-0.1, -0.05) is 18.1 Å². The number of hydrogen-bond acceptors (Lipinski definition) is 14. The fourth-order valence-corrected chi connectivity index (χ4v) is 10.7. The van der Waals surface area contributed by atoms with E-state index < -0.39 is 23.6 Å². The van der Waals surface area contributed by atoms with Crippen LogP contribution in [0.2, 0.25) is 0 Å². The molecule has 4 atom stereocenters. The van der Waals surface area contributed by atoms with Crippen LogP contribution in [0, 0.1) is 24.0 Å². The van der Waals surface area contributed by atoms with Crippen molar-refractivity contribution >= 4 is 57.0 Å². The van der Waals surface area contributed by atoms with Gasteiger partial charge in [-0.05, 0) is 81.4 Å². The number of nitrogens with zero attached hydrogens (tertiary/aromatic N) is 8. The summed E-state index contributed by atoms with van der Waals surface area (Å²) in [4.78, 5) is 71.8. The Balaban J connectivity index is 0.000000173. The minimum atomic E-state index is -0.716. The minimum Gasteiger partial charge on any atom is -0.508 e. The Bertz CT molecular complexity index is 2930. The molecule has 69 heavy (non-hydrogen) atoms. The number of rotatable bonds is 7. The lowest BCUT2D eigenvalue weighted by Gasteiger charge is -2.36. The number of phenolic OH excluding ortho intramolecular Hbond substituents is 1. The first-order valence-corrected chi connectivity index (χ1v) is 23.4. The Morgan fingerprint density at radius 1 is 0.957 bits per heavy atom. The number of halogens is 2. The Kier molecular flexibility index (Phi) is 12.4. The van der Waals surface area contributed by atoms with E-state index in [-0.39, 0.29) is 64.5 Å². The zero-order valence-corrected chi connectivity index (χ0v) is 38.3. The number of anilines is 2. The van der Waals surface area contributed by atoms with Crippen LogP contribution in [0.5, 0.6) is 11.8 Å². The predicted octanol–water partition coefficient (Wildman–Crippen LogP) is 4.56. The number of carbonyl (C=O) groups excluding carboxylic acids is 4. The van der Waals surface area contributed by atoms with Crippen LogP contribution in [0.25, 0.3) is 32.9 Å². The number of fused-ring (bicyclic) bond motifs is 5. The zero-order valence-electron chi connectivity index (χ0n) is 38.3. The maximum Gasteiger partial charge on any atom is 0.409 e. The molecular formula is C50H52F2N10O7. The van der Waals surface area contributed by atoms with Crippen LogP contribution in [-0.2, 0) is 20.9 Å². The Morgan fingerprint density at radius 3 is 2.45 bits per heavy atom. The van der Waals surface area contributed by atoms with Gasteiger partial charge in [-0.25, -0.2) is 13.6 Å². The van der Waals surface area contributed by atoms with E-state index in [4.69, 9.17) is 20.9 Å². The normalized spacial score (nSPS) is 22.4. The first kappa shape index (κ1) is 45.6. The number of methoxy groups -OCH3 is 1. The van der Waals surface area contributed by atoms with Crippen LogP contribution < -0.4 is 25.2 Å². The number of carbonyl (C=O) groups is 4. The van der Waals surface area contributed by atoms with E-state index >= 15 is 4.39 Å². The third-order valence-corrected chi connectivity index (χ3v) is 14.3. The molecule has 8 heterocycles. The molecule has 6 aliphatic rings. The fraction of sp³-hybridized carbons (Fsp3) is 0.420. The summed E-state index contributed by atoms with van der Waals surface area (Å²) in [6, 6.07) is 11.5. The van der Waals surface area contributed by atoms with E-state index in [1.54, 1.807) is 22.1 Å². The molecule has 0 aliphatic carbocycles. The Morgan fingerprint density at radius 2 is 1.74 bits per heavy atom. The van der Waals surface area contributed by atoms with E-state index in [1.807, 2.05) is 12.1 Å². The molecule has 358 valence electrons. The molecular weight excluding hydrogens is 891 g/mol. The molecule has 5 aromatic rings. The maximum absolute atomic E-state index is 16.6. The number of piperidine rings is 1. The Labute approximate surface area is 396 Å². The highest BCUT2D eigenvalue weighted by Crippen LogP contribution is 2.40. The summed E-state index contributed by atoms with van der Waals surface area (Å²) in [7, 11) is 3.43. The van der Waals surface area contributed by atoms with Crippen molar-refractivity contribution in [3.05, 3.63) is 77.0 Å². The number of likely N-dealkylation sites (N-methyl/N-ethyl adjacent to an activating group) is 1. The summed E-state index contributed by atoms with van der Waals surface area (Å²) in [6.07, 6.45) is 11.7. The van der Waals surface area contributed by atoms with Gasteiger partial charge in [0.25, 0.3) is 5.91 Å². The number of ether oxygens (including phenoxy) is 2. The van der Waals surface area contributed by atoms with Crippen molar-refractivity contribution in [2.24, 2.45) is 0 Å². The van der Waals surface area contributed by atoms with Crippen LogP contribution in [0.15, 0.2) is 48.7 Å². The third-order valence-electron chi connectivity index (χ3n) is 14.3. The topological polar surface area (TPSA) is 186 Å². The Hall–Kier alpha value is -7.17. The lowest BCUT2D eigenvalue weighted by Crippen LogP contribution is -2.52. The second-order valence-electron chi connectivity index (χ2n) is 18.4. The molecule has 19 heteroatoms. The molecule has 0 radical (unpaired) electrons. The highest BCUT2D eigenvalue weighted by molar-refractivity contribution is 6.06. The second kappa shape index (κ2) is 18.7. The molecule has 2 aromatic heterocycles. The lowest BCUT2D eigenvalue weighted by atomic mass is 9.96. The largest absolute Gasteiger partial charge is 0.508 e. The number of terminal acetylenes is 1. The van der Waals surface area contributed by atoms with Gasteiger partial charge in [0.05, 0.1) is 18.1 Å². The van der Waals surface area contributed by atoms with Gasteiger partial charge in [0.1, 0.15) is 41.2 Å². The smallest absolute Gasteiger partial charge is 0.409 e. The molecule has 5 fully saturated rings. The van der Waals surface area contributed by atoms with Crippen molar-refractivity contribution in [3.63, 3.8) is 0 Å². The zero-order chi connectivity index (χ0) is 48.1. The van der Waals surface area contributed by atoms with E-state index in [1.165, 1.54) is 31.4 Å². The van der Waals surface area contributed by atoms with Gasteiger partial charge in [-0.3, -0.25) is 24.7 Å². The van der Waals surface area contributed by atoms with E-state index in [0.29, 0.717) is 85.4 Å². The van der Waals surface area contributed by atoms with Crippen molar-refractivity contribution in [1.82, 2.24) is 40.3 Å². The summed E-state index contributed by atoms with van der Waals surface area (Å²) < 4.78 is 42.2. The highest BCUT2D eigenvalue weighted by Gasteiger charge is 2.41. The molecule has 4 amide bonds. The average molecular weight is 943 g/mol. The minimum absolute atomic E-state index is 0.0248. The number of amides is 4. The standard InChI is InChI=1S/C31H30F2N6O2.C19H22N4O5/c1-3-22-25(32)9-6-17-11-21(40)12-23(26(17)22)28-27(33)29-24(13-34-28)30(39-14-18-7-8-19(15-39)35-18)37-31(36-29)41-16-20-5-4-10-38(20)2;1-28-19(27)22-9-7-21(8-10-22)14-4-2-3-12-13(14)11-23(18(12)26)15-5-6-16(24)20-17(15)25/h1,6,9,11-13,18-20,35,40H,4-5,7-8,10,14-16H2,2H3;2-4,15H,5-11H2,1H3,(H,20,24,25). The van der Waals surface area contributed by atoms with Crippen molar-refractivity contribution in [2.75, 3.05) is 76.4 Å². The van der Waals surface area contributed by atoms with Crippen molar-refractivity contribution < 1.29 is 42.5 Å². The number of imide groups is 1. The second-order valence-corrected chi connectivity index (χ2v) is 18.4. The van der Waals surface area contributed by atoms with Crippen molar-refractivity contribution in [1.29, 1.82) is 0 Å². The van der Waals surface area contributed by atoms with E-state index in [9.17, 15) is 28.7 Å². The van der Waals surface area contributed by atoms with E-state index in [2.05, 4.69) is 48.3 Å². The van der Waals surface area contributed by atoms with Crippen LogP contribution in [0.4, 0.5) is 25.1 Å². The number of phenols is 1. The molecule has 0 spiro atoms. The molecule has 2 bridgehead atoms. The van der Waals surface area contributed by atoms with Gasteiger partial charge in [-0.2, -0.15) is 9.97 Å². The number of aromatic hydroxyl groups is 1. The molecule has 6 aliphatic heterocycles. The first-order chi connectivity index (χ1) is 33.4. The van der Waals surface area contributed by atoms with E-state index in [0.717, 1.165) is 56.6 Å². The maximum atomic E-state index is 16.6. The monoisotopic (exact) mass is 942 g/mol.